The molecule has 0 aliphatic rings. The second kappa shape index (κ2) is 3.49. The summed E-state index contributed by atoms with van der Waals surface area (Å²) in [4.78, 5) is 0. The Hall–Kier alpha value is -1.49. The Morgan fingerprint density at radius 3 is 2.38 bits per heavy atom. The molecule has 1 rings (SSSR count). The van der Waals surface area contributed by atoms with Gasteiger partial charge in [-0.3, -0.25) is 0 Å². The monoisotopic (exact) mass is 184 g/mol. The molecule has 0 heterocycles. The maximum Gasteiger partial charge on any atom is 0.120 e. The number of rotatable bonds is 1. The Balaban J connectivity index is 3.47. The lowest BCUT2D eigenvalue weighted by Crippen LogP contribution is -2.22. The number of ether oxygens (including phenoxy) is 1. The maximum absolute atomic E-state index is 8.69. The minimum absolute atomic E-state index is 0.231. The molecule has 1 aromatic rings. The number of benzene rings is 1. The predicted molar refractivity (Wildman–Crippen MR) is 51.5 cm³/mol. The standard InChI is InChI=1S/C11H13NO/c1-11(2,3)13-10-6-4-9(8-12)5-7-10/h4-7H,1-3H3/i1D3,2D3,3D3. The van der Waals surface area contributed by atoms with Crippen LogP contribution in [-0.4, -0.2) is 5.60 Å². The average Bonchev–Trinajstić information content (AvgIpc) is 2.32. The third-order valence-corrected chi connectivity index (χ3v) is 1.25. The van der Waals surface area contributed by atoms with Crippen molar-refractivity contribution >= 4 is 0 Å². The number of nitrogens with zero attached hydrogens (tertiary/aromatic N) is 1. The van der Waals surface area contributed by atoms with E-state index in [1.54, 1.807) is 0 Å². The van der Waals surface area contributed by atoms with Crippen molar-refractivity contribution in [3.8, 4) is 11.8 Å². The molecule has 0 saturated carbocycles. The molecule has 13 heavy (non-hydrogen) atoms. The molecule has 0 aliphatic carbocycles. The van der Waals surface area contributed by atoms with Crippen LogP contribution in [0.15, 0.2) is 24.3 Å². The summed E-state index contributed by atoms with van der Waals surface area (Å²) < 4.78 is 71.7. The molecule has 0 unspecified atom stereocenters. The van der Waals surface area contributed by atoms with Gasteiger partial charge in [-0.2, -0.15) is 5.26 Å². The van der Waals surface area contributed by atoms with E-state index < -0.39 is 26.2 Å². The summed E-state index contributed by atoms with van der Waals surface area (Å²) >= 11 is 0. The fourth-order valence-electron chi connectivity index (χ4n) is 0.774. The number of hydrogen-bond donors (Lipinski definition) is 0. The minimum Gasteiger partial charge on any atom is -0.488 e. The predicted octanol–water partition coefficient (Wildman–Crippen LogP) is 2.74. The fourth-order valence-corrected chi connectivity index (χ4v) is 0.774. The first-order valence-electron chi connectivity index (χ1n) is 7.95. The van der Waals surface area contributed by atoms with Gasteiger partial charge in [0.15, 0.2) is 0 Å². The largest absolute Gasteiger partial charge is 0.488 e. The molecule has 1 aromatic carbocycles. The zero-order valence-electron chi connectivity index (χ0n) is 15.7. The molecular weight excluding hydrogens is 162 g/mol. The third kappa shape index (κ3) is 3.16. The van der Waals surface area contributed by atoms with Gasteiger partial charge >= 0.3 is 0 Å². The molecule has 0 amide bonds. The Labute approximate surface area is 91.4 Å². The smallest absolute Gasteiger partial charge is 0.120 e. The molecule has 0 bridgehead atoms. The van der Waals surface area contributed by atoms with Gasteiger partial charge in [-0.15, -0.1) is 0 Å². The average molecular weight is 184 g/mol. The van der Waals surface area contributed by atoms with Crippen LogP contribution in [0.1, 0.15) is 38.5 Å². The zero-order chi connectivity index (χ0) is 17.4. The summed E-state index contributed by atoms with van der Waals surface area (Å²) in [5.41, 5.74) is -3.14. The number of hydrogen-bond acceptors (Lipinski definition) is 2. The summed E-state index contributed by atoms with van der Waals surface area (Å²) in [5, 5.41) is 8.69. The van der Waals surface area contributed by atoms with E-state index in [1.807, 2.05) is 6.07 Å². The summed E-state index contributed by atoms with van der Waals surface area (Å²) in [7, 11) is 0. The van der Waals surface area contributed by atoms with Crippen molar-refractivity contribution in [2.45, 2.75) is 26.2 Å². The van der Waals surface area contributed by atoms with Gasteiger partial charge in [-0.1, -0.05) is 0 Å². The highest BCUT2D eigenvalue weighted by Crippen LogP contribution is 2.17. The Bertz CT molecular complexity index is 526. The zero-order valence-corrected chi connectivity index (χ0v) is 6.66. The van der Waals surface area contributed by atoms with Gasteiger partial charge in [0.05, 0.1) is 11.6 Å². The van der Waals surface area contributed by atoms with E-state index in [9.17, 15) is 0 Å². The van der Waals surface area contributed by atoms with Gasteiger partial charge in [0.1, 0.15) is 11.4 Å². The van der Waals surface area contributed by atoms with Gasteiger partial charge in [0, 0.05) is 12.3 Å². The summed E-state index contributed by atoms with van der Waals surface area (Å²) in [6.45, 7) is -10.3. The first-order valence-corrected chi connectivity index (χ1v) is 3.45. The second-order valence-corrected chi connectivity index (χ2v) is 2.42. The Kier molecular flexibility index (Phi) is 0.811. The summed E-state index contributed by atoms with van der Waals surface area (Å²) in [5.74, 6) is -0.262. The molecule has 0 aromatic heterocycles. The highest BCUT2D eigenvalue weighted by Gasteiger charge is 2.10. The van der Waals surface area contributed by atoms with Gasteiger partial charge in [-0.25, -0.2) is 0 Å². The van der Waals surface area contributed by atoms with Crippen molar-refractivity contribution in [3.63, 3.8) is 0 Å². The van der Waals surface area contributed by atoms with Crippen LogP contribution in [0, 0.1) is 11.3 Å². The van der Waals surface area contributed by atoms with Crippen LogP contribution in [0.2, 0.25) is 0 Å². The van der Waals surface area contributed by atoms with Gasteiger partial charge in [-0.05, 0) is 44.8 Å². The van der Waals surface area contributed by atoms with Crippen LogP contribution < -0.4 is 4.74 Å². The maximum atomic E-state index is 8.69. The lowest BCUT2D eigenvalue weighted by molar-refractivity contribution is 0.131. The molecular formula is C11H13NO. The molecule has 0 aliphatic heterocycles. The highest BCUT2D eigenvalue weighted by atomic mass is 16.5. The quantitative estimate of drug-likeness (QED) is 0.672. The van der Waals surface area contributed by atoms with Crippen LogP contribution in [-0.2, 0) is 0 Å². The summed E-state index contributed by atoms with van der Waals surface area (Å²) in [6.07, 6.45) is 0. The van der Waals surface area contributed by atoms with Gasteiger partial charge < -0.3 is 4.74 Å². The van der Waals surface area contributed by atoms with Crippen LogP contribution >= 0.6 is 0 Å². The fraction of sp³-hybridized carbons (Fsp3) is 0.364. The van der Waals surface area contributed by atoms with Crippen molar-refractivity contribution < 1.29 is 17.1 Å². The topological polar surface area (TPSA) is 33.0 Å². The second-order valence-electron chi connectivity index (χ2n) is 2.42. The first kappa shape index (κ1) is 3.02. The third-order valence-electron chi connectivity index (χ3n) is 1.25. The van der Waals surface area contributed by atoms with Gasteiger partial charge in [0.2, 0.25) is 0 Å². The lowest BCUT2D eigenvalue weighted by atomic mass is 10.2. The molecule has 0 saturated heterocycles. The van der Waals surface area contributed by atoms with E-state index in [1.165, 1.54) is 12.1 Å². The van der Waals surface area contributed by atoms with E-state index in [-0.39, 0.29) is 11.3 Å². The van der Waals surface area contributed by atoms with E-state index in [0.717, 1.165) is 12.1 Å². The highest BCUT2D eigenvalue weighted by molar-refractivity contribution is 5.34. The van der Waals surface area contributed by atoms with Crippen molar-refractivity contribution in [2.24, 2.45) is 0 Å². The van der Waals surface area contributed by atoms with Crippen molar-refractivity contribution in [1.82, 2.24) is 0 Å². The molecule has 0 fully saturated rings. The van der Waals surface area contributed by atoms with Gasteiger partial charge in [0.25, 0.3) is 0 Å². The van der Waals surface area contributed by atoms with Crippen LogP contribution in [0.4, 0.5) is 0 Å². The van der Waals surface area contributed by atoms with Crippen molar-refractivity contribution in [1.29, 1.82) is 5.26 Å². The Morgan fingerprint density at radius 1 is 1.31 bits per heavy atom. The molecule has 68 valence electrons. The van der Waals surface area contributed by atoms with Crippen molar-refractivity contribution in [2.75, 3.05) is 0 Å². The normalized spacial score (nSPS) is 23.8. The molecule has 2 nitrogen and oxygen atoms in total. The van der Waals surface area contributed by atoms with E-state index >= 15 is 0 Å². The van der Waals surface area contributed by atoms with Crippen LogP contribution in [0.5, 0.6) is 5.75 Å². The molecule has 0 spiro atoms. The van der Waals surface area contributed by atoms with E-state index in [0.29, 0.717) is 0 Å². The Morgan fingerprint density at radius 2 is 1.92 bits per heavy atom. The van der Waals surface area contributed by atoms with Crippen molar-refractivity contribution in [3.05, 3.63) is 29.8 Å². The SMILES string of the molecule is [2H]C([2H])([2H])C(Oc1ccc(C#N)cc1)(C([2H])([2H])[2H])C([2H])([2H])[2H]. The van der Waals surface area contributed by atoms with E-state index in [4.69, 9.17) is 22.3 Å². The molecule has 2 heteroatoms. The minimum atomic E-state index is -3.43. The van der Waals surface area contributed by atoms with E-state index in [2.05, 4.69) is 0 Å². The number of nitriles is 1. The van der Waals surface area contributed by atoms with Crippen LogP contribution in [0.3, 0.4) is 0 Å². The molecule has 0 atom stereocenters. The lowest BCUT2D eigenvalue weighted by Gasteiger charge is -2.20. The first-order chi connectivity index (χ1) is 9.76. The van der Waals surface area contributed by atoms with Crippen LogP contribution in [0.25, 0.3) is 0 Å². The molecule has 0 radical (unpaired) electrons. The summed E-state index contributed by atoms with van der Waals surface area (Å²) in [6, 6.07) is 6.64. The molecule has 0 N–H and O–H groups in total.